The van der Waals surface area contributed by atoms with Crippen molar-refractivity contribution in [3.8, 4) is 5.75 Å². The number of benzene rings is 1. The van der Waals surface area contributed by atoms with Crippen molar-refractivity contribution >= 4 is 11.9 Å². The zero-order valence-corrected chi connectivity index (χ0v) is 22.3. The second kappa shape index (κ2) is 14.8. The van der Waals surface area contributed by atoms with Crippen molar-refractivity contribution in [3.05, 3.63) is 41.5 Å². The Labute approximate surface area is 206 Å². The fraction of sp³-hybridized carbons (Fsp3) is 0.643. The molecule has 0 aliphatic rings. The van der Waals surface area contributed by atoms with Gasteiger partial charge in [0.05, 0.1) is 7.11 Å². The molecule has 1 rings (SSSR count). The van der Waals surface area contributed by atoms with Crippen molar-refractivity contribution in [1.29, 1.82) is 0 Å². The Hall–Kier alpha value is -2.34. The SMILES string of the molecule is CCN(CC)[C@@](CC(C)C)(C(=O)O)c1ccc(CNC(=O)CCCC/C=C/C(C)C)cc1OC. The summed E-state index contributed by atoms with van der Waals surface area (Å²) in [6.07, 6.45) is 8.21. The van der Waals surface area contributed by atoms with Crippen LogP contribution in [0, 0.1) is 11.8 Å². The average Bonchev–Trinajstić information content (AvgIpc) is 2.79. The zero-order valence-electron chi connectivity index (χ0n) is 22.3. The summed E-state index contributed by atoms with van der Waals surface area (Å²) in [5, 5.41) is 13.4. The maximum Gasteiger partial charge on any atom is 0.328 e. The fourth-order valence-electron chi connectivity index (χ4n) is 4.49. The first-order valence-corrected chi connectivity index (χ1v) is 12.7. The van der Waals surface area contributed by atoms with E-state index in [2.05, 4.69) is 31.3 Å². The lowest BCUT2D eigenvalue weighted by Gasteiger charge is -2.42. The van der Waals surface area contributed by atoms with Crippen LogP contribution in [-0.4, -0.2) is 42.1 Å². The largest absolute Gasteiger partial charge is 0.496 e. The van der Waals surface area contributed by atoms with Crippen LogP contribution in [0.3, 0.4) is 0 Å². The molecule has 0 saturated heterocycles. The summed E-state index contributed by atoms with van der Waals surface area (Å²) < 4.78 is 5.68. The predicted molar refractivity (Wildman–Crippen MR) is 139 cm³/mol. The first kappa shape index (κ1) is 29.7. The molecular formula is C28H46N2O4. The van der Waals surface area contributed by atoms with Crippen molar-refractivity contribution in [2.45, 2.75) is 85.7 Å². The molecule has 0 heterocycles. The van der Waals surface area contributed by atoms with Gasteiger partial charge in [-0.15, -0.1) is 0 Å². The highest BCUT2D eigenvalue weighted by molar-refractivity contribution is 5.82. The topological polar surface area (TPSA) is 78.9 Å². The number of allylic oxidation sites excluding steroid dienone is 2. The summed E-state index contributed by atoms with van der Waals surface area (Å²) >= 11 is 0. The Morgan fingerprint density at radius 2 is 1.82 bits per heavy atom. The molecule has 34 heavy (non-hydrogen) atoms. The average molecular weight is 475 g/mol. The number of carbonyl (C=O) groups is 2. The highest BCUT2D eigenvalue weighted by atomic mass is 16.5. The van der Waals surface area contributed by atoms with Gasteiger partial charge >= 0.3 is 5.97 Å². The number of carboxylic acids is 1. The number of likely N-dealkylation sites (N-methyl/N-ethyl adjacent to an activating group) is 1. The third-order valence-corrected chi connectivity index (χ3v) is 6.11. The van der Waals surface area contributed by atoms with Gasteiger partial charge in [-0.25, -0.2) is 4.79 Å². The Balaban J connectivity index is 2.97. The summed E-state index contributed by atoms with van der Waals surface area (Å²) in [4.78, 5) is 27.0. The molecule has 1 aromatic rings. The fourth-order valence-corrected chi connectivity index (χ4v) is 4.49. The lowest BCUT2D eigenvalue weighted by Crippen LogP contribution is -2.53. The number of rotatable bonds is 16. The van der Waals surface area contributed by atoms with Gasteiger partial charge in [0.1, 0.15) is 11.3 Å². The van der Waals surface area contributed by atoms with E-state index in [9.17, 15) is 14.7 Å². The summed E-state index contributed by atoms with van der Waals surface area (Å²) in [5.41, 5.74) is 0.371. The van der Waals surface area contributed by atoms with E-state index in [4.69, 9.17) is 4.74 Å². The van der Waals surface area contributed by atoms with E-state index >= 15 is 0 Å². The second-order valence-corrected chi connectivity index (χ2v) is 9.67. The van der Waals surface area contributed by atoms with E-state index in [0.29, 0.717) is 49.7 Å². The Kier molecular flexibility index (Phi) is 12.9. The molecule has 0 fully saturated rings. The number of amides is 1. The van der Waals surface area contributed by atoms with Gasteiger partial charge in [0.15, 0.2) is 0 Å². The molecule has 1 aromatic carbocycles. The van der Waals surface area contributed by atoms with Crippen LogP contribution in [0.25, 0.3) is 0 Å². The van der Waals surface area contributed by atoms with E-state index in [-0.39, 0.29) is 11.8 Å². The van der Waals surface area contributed by atoms with Gasteiger partial charge in [0.25, 0.3) is 0 Å². The first-order chi connectivity index (χ1) is 16.1. The lowest BCUT2D eigenvalue weighted by molar-refractivity contribution is -0.154. The Morgan fingerprint density at radius 1 is 1.15 bits per heavy atom. The van der Waals surface area contributed by atoms with Crippen molar-refractivity contribution in [2.24, 2.45) is 11.8 Å². The van der Waals surface area contributed by atoms with Gasteiger partial charge in [0.2, 0.25) is 5.91 Å². The van der Waals surface area contributed by atoms with Crippen LogP contribution < -0.4 is 10.1 Å². The second-order valence-electron chi connectivity index (χ2n) is 9.67. The molecule has 192 valence electrons. The third-order valence-electron chi connectivity index (χ3n) is 6.11. The van der Waals surface area contributed by atoms with Crippen molar-refractivity contribution < 1.29 is 19.4 Å². The number of unbranched alkanes of at least 4 members (excludes halogenated alkanes) is 2. The van der Waals surface area contributed by atoms with Crippen LogP contribution in [-0.2, 0) is 21.7 Å². The number of nitrogens with zero attached hydrogens (tertiary/aromatic N) is 1. The standard InChI is InChI=1S/C28H46N2O4/c1-8-30(9-2)28(27(32)33,19-22(5)6)24-17-16-23(18-25(24)34-7)20-29-26(31)15-13-11-10-12-14-21(3)4/h12,14,16-18,21-22H,8-11,13,15,19-20H2,1-7H3,(H,29,31)(H,32,33)/b14-12+/t28-/m1/s1. The number of carbonyl (C=O) groups excluding carboxylic acids is 1. The maximum atomic E-state index is 12.7. The number of methoxy groups -OCH3 is 1. The molecule has 0 radical (unpaired) electrons. The maximum absolute atomic E-state index is 12.7. The number of hydrogen-bond acceptors (Lipinski definition) is 4. The Bertz CT molecular complexity index is 800. The normalized spacial score (nSPS) is 13.6. The highest BCUT2D eigenvalue weighted by Gasteiger charge is 2.47. The number of hydrogen-bond donors (Lipinski definition) is 2. The molecule has 0 saturated carbocycles. The van der Waals surface area contributed by atoms with Crippen LogP contribution in [0.1, 0.15) is 84.8 Å². The van der Waals surface area contributed by atoms with Crippen LogP contribution in [0.5, 0.6) is 5.75 Å². The van der Waals surface area contributed by atoms with Crippen LogP contribution in [0.15, 0.2) is 30.4 Å². The smallest absolute Gasteiger partial charge is 0.328 e. The molecule has 6 heteroatoms. The predicted octanol–water partition coefficient (Wildman–Crippen LogP) is 5.75. The minimum Gasteiger partial charge on any atom is -0.496 e. The van der Waals surface area contributed by atoms with E-state index in [0.717, 1.165) is 24.8 Å². The molecule has 0 aliphatic carbocycles. The third kappa shape index (κ3) is 8.46. The Morgan fingerprint density at radius 3 is 2.35 bits per heavy atom. The monoisotopic (exact) mass is 474 g/mol. The quantitative estimate of drug-likeness (QED) is 0.235. The highest BCUT2D eigenvalue weighted by Crippen LogP contribution is 2.41. The lowest BCUT2D eigenvalue weighted by atomic mass is 9.79. The van der Waals surface area contributed by atoms with Crippen molar-refractivity contribution in [3.63, 3.8) is 0 Å². The van der Waals surface area contributed by atoms with E-state index in [1.54, 1.807) is 7.11 Å². The molecule has 2 N–H and O–H groups in total. The van der Waals surface area contributed by atoms with Gasteiger partial charge in [-0.2, -0.15) is 0 Å². The summed E-state index contributed by atoms with van der Waals surface area (Å²) in [7, 11) is 1.57. The summed E-state index contributed by atoms with van der Waals surface area (Å²) in [6.45, 7) is 14.0. The number of aliphatic carboxylic acids is 1. The van der Waals surface area contributed by atoms with E-state index in [1.165, 1.54) is 0 Å². The van der Waals surface area contributed by atoms with Gasteiger partial charge in [-0.1, -0.05) is 65.8 Å². The van der Waals surface area contributed by atoms with Crippen LogP contribution in [0.4, 0.5) is 0 Å². The molecule has 0 aromatic heterocycles. The molecule has 0 unspecified atom stereocenters. The number of carboxylic acid groups (broad SMARTS) is 1. The number of ether oxygens (including phenoxy) is 1. The van der Waals surface area contributed by atoms with E-state index < -0.39 is 11.5 Å². The number of nitrogens with one attached hydrogen (secondary N) is 1. The van der Waals surface area contributed by atoms with Gasteiger partial charge in [-0.05, 0) is 62.2 Å². The van der Waals surface area contributed by atoms with Crippen molar-refractivity contribution in [1.82, 2.24) is 10.2 Å². The van der Waals surface area contributed by atoms with Crippen LogP contribution >= 0.6 is 0 Å². The first-order valence-electron chi connectivity index (χ1n) is 12.7. The molecular weight excluding hydrogens is 428 g/mol. The molecule has 1 amide bonds. The molecule has 0 bridgehead atoms. The molecule has 1 atom stereocenters. The minimum absolute atomic E-state index is 0.0266. The van der Waals surface area contributed by atoms with Gasteiger partial charge < -0.3 is 15.2 Å². The molecule has 0 spiro atoms. The minimum atomic E-state index is -1.17. The zero-order chi connectivity index (χ0) is 25.7. The van der Waals surface area contributed by atoms with E-state index in [1.807, 2.05) is 50.8 Å². The van der Waals surface area contributed by atoms with Crippen molar-refractivity contribution in [2.75, 3.05) is 20.2 Å². The molecule has 0 aliphatic heterocycles. The summed E-state index contributed by atoms with van der Waals surface area (Å²) in [5.74, 6) is 0.441. The summed E-state index contributed by atoms with van der Waals surface area (Å²) in [6, 6.07) is 5.61. The van der Waals surface area contributed by atoms with Crippen LogP contribution in [0.2, 0.25) is 0 Å². The van der Waals surface area contributed by atoms with Gasteiger partial charge in [-0.3, -0.25) is 9.69 Å². The van der Waals surface area contributed by atoms with Gasteiger partial charge in [0, 0.05) is 18.5 Å². The molecule has 6 nitrogen and oxygen atoms in total.